The van der Waals surface area contributed by atoms with E-state index in [1.165, 1.54) is 11.9 Å². The van der Waals surface area contributed by atoms with Gasteiger partial charge in [0.2, 0.25) is 5.96 Å². The first kappa shape index (κ1) is 21.3. The summed E-state index contributed by atoms with van der Waals surface area (Å²) in [7, 11) is 0. The summed E-state index contributed by atoms with van der Waals surface area (Å²) in [6, 6.07) is 1.67. The first-order valence-electron chi connectivity index (χ1n) is 9.51. The van der Waals surface area contributed by atoms with E-state index in [0.717, 1.165) is 11.0 Å². The van der Waals surface area contributed by atoms with E-state index < -0.39 is 42.6 Å². The molecule has 1 N–H and O–H groups in total. The Kier molecular flexibility index (Phi) is 5.07. The predicted molar refractivity (Wildman–Crippen MR) is 101 cm³/mol. The van der Waals surface area contributed by atoms with Crippen molar-refractivity contribution in [3.63, 3.8) is 0 Å². The molecule has 1 saturated heterocycles. The smallest absolute Gasteiger partial charge is 0.332 e. The quantitative estimate of drug-likeness (QED) is 0.715. The number of piperidine rings is 1. The molecule has 4 heterocycles. The number of aliphatic imine (C=N–C) groups is 2. The third-order valence-corrected chi connectivity index (χ3v) is 5.26. The maximum atomic E-state index is 14.6. The molecule has 0 aliphatic carbocycles. The lowest BCUT2D eigenvalue weighted by atomic mass is 9.90. The van der Waals surface area contributed by atoms with E-state index in [-0.39, 0.29) is 24.5 Å². The summed E-state index contributed by atoms with van der Waals surface area (Å²) < 4.78 is 67.8. The Labute approximate surface area is 174 Å². The number of allylic oxidation sites excluding steroid dienone is 1. The minimum Gasteiger partial charge on any atom is -0.332 e. The molecule has 0 spiro atoms. The van der Waals surface area contributed by atoms with Gasteiger partial charge in [-0.25, -0.2) is 34.2 Å². The van der Waals surface area contributed by atoms with Gasteiger partial charge in [0.25, 0.3) is 11.8 Å². The lowest BCUT2D eigenvalue weighted by molar-refractivity contribution is -0.141. The zero-order chi connectivity index (χ0) is 22.6. The molecule has 3 aliphatic heterocycles. The van der Waals surface area contributed by atoms with E-state index in [4.69, 9.17) is 0 Å². The number of nitrogens with zero attached hydrogens (tertiary/aromatic N) is 5. The summed E-state index contributed by atoms with van der Waals surface area (Å²) in [5.74, 6) is -4.32. The van der Waals surface area contributed by atoms with Crippen LogP contribution in [0.3, 0.4) is 0 Å². The Morgan fingerprint density at radius 2 is 2.00 bits per heavy atom. The van der Waals surface area contributed by atoms with Crippen molar-refractivity contribution in [2.75, 3.05) is 19.8 Å². The molecule has 1 fully saturated rings. The van der Waals surface area contributed by atoms with Crippen molar-refractivity contribution in [2.24, 2.45) is 15.9 Å². The number of hydrogen-bond acceptors (Lipinski definition) is 6. The van der Waals surface area contributed by atoms with Crippen LogP contribution in [0.4, 0.5) is 22.0 Å². The van der Waals surface area contributed by atoms with Crippen LogP contribution in [0.2, 0.25) is 0 Å². The van der Waals surface area contributed by atoms with Gasteiger partial charge in [0.05, 0.1) is 17.8 Å². The monoisotopic (exact) mass is 442 g/mol. The minimum atomic E-state index is -4.66. The number of aromatic nitrogens is 1. The number of hydrogen-bond donors (Lipinski definition) is 1. The van der Waals surface area contributed by atoms with Crippen LogP contribution in [0.1, 0.15) is 35.1 Å². The van der Waals surface area contributed by atoms with Crippen molar-refractivity contribution in [3.05, 3.63) is 40.9 Å². The van der Waals surface area contributed by atoms with Gasteiger partial charge in [-0.2, -0.15) is 13.2 Å². The molecule has 166 valence electrons. The van der Waals surface area contributed by atoms with Gasteiger partial charge in [-0.05, 0) is 32.1 Å². The molecular weight excluding hydrogens is 423 g/mol. The molecule has 0 saturated carbocycles. The van der Waals surface area contributed by atoms with Crippen LogP contribution in [0, 0.1) is 12.8 Å². The Balaban J connectivity index is 1.62. The normalized spacial score (nSPS) is 23.2. The van der Waals surface area contributed by atoms with Gasteiger partial charge in [-0.1, -0.05) is 0 Å². The molecule has 1 amide bonds. The molecule has 0 bridgehead atoms. The number of carbonyl (C=O) groups is 1. The SMILES string of the molecule is CC1=NC2=NCNN2C(C2CN(C(=O)c3ccc(C(F)(F)F)nc3C)CC(F)(F)C2)=C1. The van der Waals surface area contributed by atoms with Gasteiger partial charge in [-0.15, -0.1) is 0 Å². The van der Waals surface area contributed by atoms with Crippen LogP contribution >= 0.6 is 0 Å². The Morgan fingerprint density at radius 3 is 2.68 bits per heavy atom. The van der Waals surface area contributed by atoms with E-state index in [1.54, 1.807) is 13.0 Å². The maximum absolute atomic E-state index is 14.6. The van der Waals surface area contributed by atoms with Gasteiger partial charge in [0.15, 0.2) is 0 Å². The molecule has 0 radical (unpaired) electrons. The van der Waals surface area contributed by atoms with Crippen LogP contribution in [0.25, 0.3) is 0 Å². The van der Waals surface area contributed by atoms with Crippen molar-refractivity contribution < 1.29 is 26.7 Å². The molecule has 31 heavy (non-hydrogen) atoms. The lowest BCUT2D eigenvalue weighted by Crippen LogP contribution is -2.53. The van der Waals surface area contributed by atoms with Crippen LogP contribution in [0.5, 0.6) is 0 Å². The van der Waals surface area contributed by atoms with Crippen molar-refractivity contribution in [2.45, 2.75) is 32.4 Å². The van der Waals surface area contributed by atoms with Crippen molar-refractivity contribution in [1.82, 2.24) is 20.3 Å². The predicted octanol–water partition coefficient (Wildman–Crippen LogP) is 3.00. The number of hydrazine groups is 1. The summed E-state index contributed by atoms with van der Waals surface area (Å²) in [6.45, 7) is 2.38. The molecule has 1 aromatic rings. The van der Waals surface area contributed by atoms with Crippen molar-refractivity contribution >= 4 is 17.6 Å². The first-order valence-corrected chi connectivity index (χ1v) is 9.51. The number of nitrogens with one attached hydrogen (secondary N) is 1. The highest BCUT2D eigenvalue weighted by molar-refractivity contribution is 6.05. The minimum absolute atomic E-state index is 0.0283. The second-order valence-electron chi connectivity index (χ2n) is 7.70. The van der Waals surface area contributed by atoms with Gasteiger partial charge >= 0.3 is 6.18 Å². The van der Waals surface area contributed by atoms with Gasteiger partial charge in [-0.3, -0.25) is 4.79 Å². The number of fused-ring (bicyclic) bond motifs is 1. The van der Waals surface area contributed by atoms with E-state index in [0.29, 0.717) is 23.4 Å². The standard InChI is InChI=1S/C19H19F5N6O/c1-10-5-14(30-17(27-10)25-9-26-30)12-6-18(20,21)8-29(7-12)16(31)13-3-4-15(19(22,23)24)28-11(13)2/h3-5,12,26H,6-9H2,1-2H3. The summed E-state index contributed by atoms with van der Waals surface area (Å²) in [5, 5.41) is 1.53. The highest BCUT2D eigenvalue weighted by Crippen LogP contribution is 2.37. The molecule has 1 atom stereocenters. The second kappa shape index (κ2) is 7.36. The van der Waals surface area contributed by atoms with Crippen LogP contribution in [-0.4, -0.2) is 58.2 Å². The number of rotatable bonds is 2. The highest BCUT2D eigenvalue weighted by Gasteiger charge is 2.45. The number of likely N-dealkylation sites (tertiary alicyclic amines) is 1. The van der Waals surface area contributed by atoms with E-state index in [1.807, 2.05) is 0 Å². The van der Waals surface area contributed by atoms with Crippen molar-refractivity contribution in [1.29, 1.82) is 0 Å². The summed E-state index contributed by atoms with van der Waals surface area (Å²) in [6.07, 6.45) is -3.48. The van der Waals surface area contributed by atoms with Gasteiger partial charge < -0.3 is 4.90 Å². The number of carbonyl (C=O) groups excluding carboxylic acids is 1. The summed E-state index contributed by atoms with van der Waals surface area (Å²) in [4.78, 5) is 25.8. The van der Waals surface area contributed by atoms with Crippen LogP contribution < -0.4 is 5.43 Å². The van der Waals surface area contributed by atoms with Crippen LogP contribution in [0.15, 0.2) is 33.9 Å². The Hall–Kier alpha value is -2.89. The third kappa shape index (κ3) is 4.16. The third-order valence-electron chi connectivity index (χ3n) is 5.26. The fourth-order valence-electron chi connectivity index (χ4n) is 3.95. The fraction of sp³-hybridized carbons (Fsp3) is 0.474. The molecule has 12 heteroatoms. The molecular formula is C19H19F5N6O. The largest absolute Gasteiger partial charge is 0.433 e. The number of alkyl halides is 5. The molecule has 4 rings (SSSR count). The van der Waals surface area contributed by atoms with Gasteiger partial charge in [0, 0.05) is 30.3 Å². The lowest BCUT2D eigenvalue weighted by Gasteiger charge is -2.41. The van der Waals surface area contributed by atoms with E-state index >= 15 is 0 Å². The van der Waals surface area contributed by atoms with Gasteiger partial charge in [0.1, 0.15) is 12.4 Å². The molecule has 1 unspecified atom stereocenters. The average Bonchev–Trinajstić information content (AvgIpc) is 3.13. The van der Waals surface area contributed by atoms with E-state index in [9.17, 15) is 26.7 Å². The summed E-state index contributed by atoms with van der Waals surface area (Å²) in [5.41, 5.74) is 2.62. The first-order chi connectivity index (χ1) is 14.4. The topological polar surface area (TPSA) is 73.2 Å². The summed E-state index contributed by atoms with van der Waals surface area (Å²) >= 11 is 0. The molecule has 3 aliphatic rings. The highest BCUT2D eigenvalue weighted by atomic mass is 19.4. The number of aryl methyl sites for hydroxylation is 1. The molecule has 7 nitrogen and oxygen atoms in total. The van der Waals surface area contributed by atoms with E-state index in [2.05, 4.69) is 20.4 Å². The molecule has 0 aromatic carbocycles. The number of pyridine rings is 1. The fourth-order valence-corrected chi connectivity index (χ4v) is 3.95. The number of halogens is 5. The Bertz CT molecular complexity index is 1020. The Morgan fingerprint density at radius 1 is 1.26 bits per heavy atom. The zero-order valence-corrected chi connectivity index (χ0v) is 16.7. The number of amides is 1. The van der Waals surface area contributed by atoms with Crippen molar-refractivity contribution in [3.8, 4) is 0 Å². The van der Waals surface area contributed by atoms with Crippen LogP contribution in [-0.2, 0) is 6.18 Å². The maximum Gasteiger partial charge on any atom is 0.433 e. The average molecular weight is 442 g/mol. The molecule has 1 aromatic heterocycles. The second-order valence-corrected chi connectivity index (χ2v) is 7.70. The number of guanidine groups is 1. The zero-order valence-electron chi connectivity index (χ0n) is 16.7.